The van der Waals surface area contributed by atoms with Gasteiger partial charge in [0.1, 0.15) is 11.6 Å². The number of para-hydroxylation sites is 1. The number of amides is 1. The molecule has 0 aliphatic rings. The van der Waals surface area contributed by atoms with Gasteiger partial charge in [0.05, 0.1) is 18.1 Å². The molecular weight excluding hydrogens is 453 g/mol. The number of likely N-dealkylation sites (N-methyl/N-ethyl adjacent to an activating group) is 1. The van der Waals surface area contributed by atoms with Crippen molar-refractivity contribution < 1.29 is 9.18 Å². The fourth-order valence-corrected chi connectivity index (χ4v) is 4.41. The molecule has 0 bridgehead atoms. The van der Waals surface area contributed by atoms with Crippen molar-refractivity contribution in [2.75, 3.05) is 12.4 Å². The van der Waals surface area contributed by atoms with Crippen LogP contribution in [0.1, 0.15) is 11.1 Å². The Labute approximate surface area is 200 Å². The maximum Gasteiger partial charge on any atom is 0.256 e. The van der Waals surface area contributed by atoms with E-state index >= 15 is 0 Å². The Hall–Kier alpha value is -3.92. The zero-order chi connectivity index (χ0) is 23.9. The second kappa shape index (κ2) is 8.45. The van der Waals surface area contributed by atoms with Crippen LogP contribution in [0.3, 0.4) is 0 Å². The largest absolute Gasteiger partial charge is 0.361 e. The Morgan fingerprint density at radius 2 is 2.06 bits per heavy atom. The number of nitrogens with one attached hydrogen (secondary N) is 3. The minimum Gasteiger partial charge on any atom is -0.361 e. The van der Waals surface area contributed by atoms with Gasteiger partial charge in [-0.15, -0.1) is 12.6 Å². The molecule has 34 heavy (non-hydrogen) atoms. The normalized spacial score (nSPS) is 13.2. The average molecular weight is 476 g/mol. The molecule has 3 N–H and O–H groups in total. The van der Waals surface area contributed by atoms with E-state index in [2.05, 4.69) is 30.7 Å². The molecule has 0 radical (unpaired) electrons. The van der Waals surface area contributed by atoms with Gasteiger partial charge >= 0.3 is 0 Å². The van der Waals surface area contributed by atoms with Gasteiger partial charge in [-0.2, -0.15) is 9.61 Å². The van der Waals surface area contributed by atoms with Crippen molar-refractivity contribution in [3.8, 4) is 11.3 Å². The van der Waals surface area contributed by atoms with E-state index in [0.717, 1.165) is 28.2 Å². The number of hydrogen-bond donors (Lipinski definition) is 4. The third kappa shape index (κ3) is 3.86. The zero-order valence-corrected chi connectivity index (χ0v) is 19.4. The number of fused-ring (bicyclic) bond motifs is 2. The van der Waals surface area contributed by atoms with Gasteiger partial charge in [-0.3, -0.25) is 9.78 Å². The predicted octanol–water partition coefficient (Wildman–Crippen LogP) is 3.75. The number of aryl methyl sites for hydroxylation is 1. The summed E-state index contributed by atoms with van der Waals surface area (Å²) in [7, 11) is 1.56. The molecule has 5 aromatic rings. The number of H-pyrrole nitrogens is 1. The van der Waals surface area contributed by atoms with E-state index in [1.54, 1.807) is 23.8 Å². The smallest absolute Gasteiger partial charge is 0.256 e. The summed E-state index contributed by atoms with van der Waals surface area (Å²) < 4.78 is 15.5. The molecule has 10 heteroatoms. The van der Waals surface area contributed by atoms with Gasteiger partial charge in [-0.1, -0.05) is 18.2 Å². The maximum atomic E-state index is 13.9. The standard InChI is InChI=1S/C24H22FN7OS/c1-14-10-29-32-21(8-20(30-22(14)32)15-7-17(25)13-27-11-15)31-24(34,23(33)26-2)9-16-12-28-19-6-4-3-5-18(16)19/h3-8,10-13,28,31,34H,9H2,1-2H3,(H,26,33)/t24-/m0/s1. The van der Waals surface area contributed by atoms with Gasteiger partial charge in [0, 0.05) is 54.0 Å². The SMILES string of the molecule is CNC(=O)[C@@](S)(Cc1c[nH]c2ccccc12)Nc1cc(-c2cncc(F)c2)nc2c(C)cnn12. The van der Waals surface area contributed by atoms with Crippen LogP contribution in [0.25, 0.3) is 27.8 Å². The molecule has 4 heterocycles. The van der Waals surface area contributed by atoms with E-state index in [9.17, 15) is 9.18 Å². The summed E-state index contributed by atoms with van der Waals surface area (Å²) >= 11 is 4.82. The Balaban J connectivity index is 1.61. The van der Waals surface area contributed by atoms with Gasteiger partial charge < -0.3 is 15.6 Å². The summed E-state index contributed by atoms with van der Waals surface area (Å²) in [5, 5.41) is 11.4. The Morgan fingerprint density at radius 3 is 2.85 bits per heavy atom. The van der Waals surface area contributed by atoms with Gasteiger partial charge in [-0.05, 0) is 24.6 Å². The van der Waals surface area contributed by atoms with E-state index in [0.29, 0.717) is 22.7 Å². The zero-order valence-electron chi connectivity index (χ0n) is 18.5. The first kappa shape index (κ1) is 21.9. The molecule has 0 saturated carbocycles. The number of carbonyl (C=O) groups is 1. The lowest BCUT2D eigenvalue weighted by molar-refractivity contribution is -0.122. The number of carbonyl (C=O) groups excluding carboxylic acids is 1. The molecule has 1 amide bonds. The highest BCUT2D eigenvalue weighted by Gasteiger charge is 2.36. The van der Waals surface area contributed by atoms with E-state index in [1.165, 1.54) is 12.3 Å². The van der Waals surface area contributed by atoms with Crippen molar-refractivity contribution >= 4 is 40.9 Å². The number of hydrogen-bond acceptors (Lipinski definition) is 6. The quantitative estimate of drug-likeness (QED) is 0.221. The first-order valence-corrected chi connectivity index (χ1v) is 11.1. The Kier molecular flexibility index (Phi) is 5.45. The fourth-order valence-electron chi connectivity index (χ4n) is 4.01. The number of nitrogens with zero attached hydrogens (tertiary/aromatic N) is 4. The molecule has 1 aromatic carbocycles. The highest BCUT2D eigenvalue weighted by molar-refractivity contribution is 7.82. The number of benzene rings is 1. The minimum absolute atomic E-state index is 0.278. The number of aromatic amines is 1. The van der Waals surface area contributed by atoms with Crippen LogP contribution in [0, 0.1) is 12.7 Å². The van der Waals surface area contributed by atoms with Crippen LogP contribution < -0.4 is 10.6 Å². The first-order valence-electron chi connectivity index (χ1n) is 10.6. The summed E-state index contributed by atoms with van der Waals surface area (Å²) in [6.07, 6.45) is 6.51. The second-order valence-corrected chi connectivity index (χ2v) is 8.85. The molecule has 1 atom stereocenters. The van der Waals surface area contributed by atoms with Crippen LogP contribution >= 0.6 is 12.6 Å². The Bertz CT molecular complexity index is 1530. The average Bonchev–Trinajstić information content (AvgIpc) is 3.42. The monoisotopic (exact) mass is 475 g/mol. The number of anilines is 1. The fraction of sp³-hybridized carbons (Fsp3) is 0.167. The lowest BCUT2D eigenvalue weighted by Crippen LogP contribution is -2.49. The highest BCUT2D eigenvalue weighted by Crippen LogP contribution is 2.30. The maximum absolute atomic E-state index is 13.9. The van der Waals surface area contributed by atoms with Gasteiger partial charge in [-0.25, -0.2) is 9.37 Å². The van der Waals surface area contributed by atoms with Crippen LogP contribution in [0.4, 0.5) is 10.2 Å². The van der Waals surface area contributed by atoms with Gasteiger partial charge in [0.2, 0.25) is 0 Å². The predicted molar refractivity (Wildman–Crippen MR) is 132 cm³/mol. The molecule has 0 aliphatic carbocycles. The highest BCUT2D eigenvalue weighted by atomic mass is 32.1. The van der Waals surface area contributed by atoms with Crippen molar-refractivity contribution in [1.82, 2.24) is 29.9 Å². The summed E-state index contributed by atoms with van der Waals surface area (Å²) in [5.74, 6) is -0.299. The van der Waals surface area contributed by atoms with Crippen LogP contribution in [-0.4, -0.2) is 42.4 Å². The molecule has 8 nitrogen and oxygen atoms in total. The summed E-state index contributed by atoms with van der Waals surface area (Å²) in [5.41, 5.74) is 4.30. The van der Waals surface area contributed by atoms with Crippen LogP contribution in [0.5, 0.6) is 0 Å². The molecule has 5 rings (SSSR count). The summed E-state index contributed by atoms with van der Waals surface area (Å²) in [6, 6.07) is 10.9. The summed E-state index contributed by atoms with van der Waals surface area (Å²) in [6.45, 7) is 1.88. The molecule has 0 fully saturated rings. The number of pyridine rings is 1. The van der Waals surface area contributed by atoms with E-state index in [4.69, 9.17) is 12.6 Å². The van der Waals surface area contributed by atoms with Crippen molar-refractivity contribution in [1.29, 1.82) is 0 Å². The minimum atomic E-state index is -1.33. The molecular formula is C24H22FN7OS. The van der Waals surface area contributed by atoms with Gasteiger partial charge in [0.25, 0.3) is 5.91 Å². The van der Waals surface area contributed by atoms with Crippen molar-refractivity contribution in [2.45, 2.75) is 18.2 Å². The van der Waals surface area contributed by atoms with Crippen LogP contribution in [-0.2, 0) is 11.2 Å². The molecule has 0 saturated heterocycles. The topological polar surface area (TPSA) is 100 Å². The van der Waals surface area contributed by atoms with E-state index in [1.807, 2.05) is 37.4 Å². The molecule has 0 aliphatic heterocycles. The first-order chi connectivity index (χ1) is 16.4. The van der Waals surface area contributed by atoms with Crippen molar-refractivity contribution in [3.05, 3.63) is 78.1 Å². The summed E-state index contributed by atoms with van der Waals surface area (Å²) in [4.78, 5) is 23.6. The molecule has 172 valence electrons. The van der Waals surface area contributed by atoms with Crippen LogP contribution in [0.2, 0.25) is 0 Å². The third-order valence-electron chi connectivity index (χ3n) is 5.71. The second-order valence-electron chi connectivity index (χ2n) is 8.08. The molecule has 0 spiro atoms. The van der Waals surface area contributed by atoms with E-state index < -0.39 is 10.7 Å². The van der Waals surface area contributed by atoms with E-state index in [-0.39, 0.29) is 12.3 Å². The van der Waals surface area contributed by atoms with Crippen molar-refractivity contribution in [3.63, 3.8) is 0 Å². The van der Waals surface area contributed by atoms with Crippen molar-refractivity contribution in [2.24, 2.45) is 0 Å². The number of aromatic nitrogens is 5. The van der Waals surface area contributed by atoms with Gasteiger partial charge in [0.15, 0.2) is 10.5 Å². The molecule has 4 aromatic heterocycles. The van der Waals surface area contributed by atoms with Crippen LogP contribution in [0.15, 0.2) is 61.2 Å². The number of halogens is 1. The lowest BCUT2D eigenvalue weighted by Gasteiger charge is -2.29. The third-order valence-corrected chi connectivity index (χ3v) is 6.18. The number of rotatable bonds is 6. The lowest BCUT2D eigenvalue weighted by atomic mass is 10.0. The number of thiol groups is 1. The Morgan fingerprint density at radius 1 is 1.24 bits per heavy atom. The molecule has 0 unspecified atom stereocenters.